The molecule has 0 aromatic carbocycles. The zero-order valence-corrected chi connectivity index (χ0v) is 46.1. The van der Waals surface area contributed by atoms with Crippen molar-refractivity contribution in [2.75, 3.05) is 41.1 Å². The summed E-state index contributed by atoms with van der Waals surface area (Å²) in [5, 5.41) is 23.5. The number of aliphatic hydroxyl groups excluding tert-OH is 1. The minimum atomic E-state index is -3.33. The van der Waals surface area contributed by atoms with Crippen LogP contribution in [-0.2, 0) is 61.3 Å². The number of ether oxygens (including phenoxy) is 5. The molecule has 16 nitrogen and oxygen atoms in total. The van der Waals surface area contributed by atoms with Gasteiger partial charge in [-0.05, 0) is 113 Å². The van der Waals surface area contributed by atoms with E-state index in [1.54, 1.807) is 41.1 Å². The van der Waals surface area contributed by atoms with Crippen LogP contribution in [0.4, 0.5) is 0 Å². The number of carbonyl (C=O) groups excluding carboxylic acids is 5. The molecule has 17 heteroatoms. The molecule has 3 heterocycles. The summed E-state index contributed by atoms with van der Waals surface area (Å²) < 4.78 is 54.4. The molecule has 0 radical (unpaired) electrons. The van der Waals surface area contributed by atoms with Crippen LogP contribution in [0.15, 0.2) is 47.6 Å². The number of hydrogen-bond acceptors (Lipinski definition) is 15. The highest BCUT2D eigenvalue weighted by atomic mass is 31.2. The van der Waals surface area contributed by atoms with E-state index in [0.717, 1.165) is 5.57 Å². The minimum Gasteiger partial charge on any atom is -0.460 e. The number of rotatable bonds is 11. The second-order valence-electron chi connectivity index (χ2n) is 21.3. The molecule has 16 atom stereocenters. The molecule has 0 aromatic heterocycles. The first kappa shape index (κ1) is 61.4. The second-order valence-corrected chi connectivity index (χ2v) is 23.3. The zero-order valence-electron chi connectivity index (χ0n) is 45.2. The number of nitrogens with zero attached hydrogens (tertiary/aromatic N) is 1. The number of esters is 1. The van der Waals surface area contributed by atoms with Crippen molar-refractivity contribution in [2.24, 2.45) is 35.5 Å². The summed E-state index contributed by atoms with van der Waals surface area (Å²) in [6.45, 7) is 16.4. The van der Waals surface area contributed by atoms with Gasteiger partial charge >= 0.3 is 13.6 Å². The maximum atomic E-state index is 14.5. The van der Waals surface area contributed by atoms with Gasteiger partial charge < -0.3 is 47.8 Å². The Labute approximate surface area is 429 Å². The van der Waals surface area contributed by atoms with Crippen molar-refractivity contribution in [3.63, 3.8) is 0 Å². The Morgan fingerprint density at radius 2 is 1.61 bits per heavy atom. The third kappa shape index (κ3) is 16.9. The first-order chi connectivity index (χ1) is 34.0. The van der Waals surface area contributed by atoms with Crippen LogP contribution in [-0.4, -0.2) is 140 Å². The van der Waals surface area contributed by atoms with Crippen LogP contribution >= 0.6 is 7.60 Å². The molecule has 4 aliphatic rings. The monoisotopic (exact) mass is 1030 g/mol. The number of fused-ring (bicyclic) bond motifs is 3. The van der Waals surface area contributed by atoms with Gasteiger partial charge in [0.1, 0.15) is 18.2 Å². The fraction of sp³-hybridized carbons (Fsp3) is 0.764. The van der Waals surface area contributed by atoms with E-state index in [4.69, 9.17) is 32.7 Å². The predicted molar refractivity (Wildman–Crippen MR) is 274 cm³/mol. The molecular formula is C55H88NO15P. The van der Waals surface area contributed by atoms with Gasteiger partial charge in [-0.3, -0.25) is 23.7 Å². The molecule has 5 unspecified atom stereocenters. The SMILES string of the molecule is CCCOP(C)(=O)O[C@@H]1CC[C@@H](C[C@@H](C)[C@@H]2CC(=O)/C(C)=C/C(C)[C@@H](O)[C@@H](OC)C(=O)[C@H](C)C[C@H](C)C=CC=CC=C(C)[C@@H](OC)C[C@@H]3CCC(C)C(O)(O3)C(=O)C(=O)N3CCCCC3C(=O)O2)C[C@H]1OC. The van der Waals surface area contributed by atoms with E-state index in [1.807, 2.05) is 65.0 Å². The van der Waals surface area contributed by atoms with Crippen molar-refractivity contribution >= 4 is 36.8 Å². The fourth-order valence-corrected chi connectivity index (χ4v) is 12.1. The number of allylic oxidation sites excluding steroid dienone is 6. The van der Waals surface area contributed by atoms with E-state index in [1.165, 1.54) is 18.7 Å². The van der Waals surface area contributed by atoms with Crippen molar-refractivity contribution in [2.45, 2.75) is 193 Å². The maximum absolute atomic E-state index is 14.5. The topological polar surface area (TPSA) is 211 Å². The Morgan fingerprint density at radius 1 is 0.889 bits per heavy atom. The van der Waals surface area contributed by atoms with E-state index < -0.39 is 103 Å². The summed E-state index contributed by atoms with van der Waals surface area (Å²) in [4.78, 5) is 72.4. The first-order valence-electron chi connectivity index (χ1n) is 26.4. The largest absolute Gasteiger partial charge is 0.460 e. The highest BCUT2D eigenvalue weighted by molar-refractivity contribution is 7.53. The van der Waals surface area contributed by atoms with Crippen LogP contribution in [0.2, 0.25) is 0 Å². The van der Waals surface area contributed by atoms with E-state index >= 15 is 0 Å². The summed E-state index contributed by atoms with van der Waals surface area (Å²) in [6.07, 6.45) is 11.6. The smallest absolute Gasteiger partial charge is 0.329 e. The first-order valence-corrected chi connectivity index (χ1v) is 28.4. The van der Waals surface area contributed by atoms with E-state index in [9.17, 15) is 38.8 Å². The molecule has 0 aromatic rings. The van der Waals surface area contributed by atoms with Crippen molar-refractivity contribution in [3.8, 4) is 0 Å². The van der Waals surface area contributed by atoms with E-state index in [0.29, 0.717) is 82.8 Å². The Bertz CT molecular complexity index is 2000. The lowest BCUT2D eigenvalue weighted by Crippen LogP contribution is -2.61. The average Bonchev–Trinajstić information content (AvgIpc) is 3.35. The minimum absolute atomic E-state index is 0.00915. The molecule has 2 saturated heterocycles. The van der Waals surface area contributed by atoms with Crippen molar-refractivity contribution in [1.29, 1.82) is 0 Å². The lowest BCUT2D eigenvalue weighted by atomic mass is 9.78. The Hall–Kier alpha value is -3.18. The van der Waals surface area contributed by atoms with Gasteiger partial charge in [-0.2, -0.15) is 0 Å². The van der Waals surface area contributed by atoms with E-state index in [-0.39, 0.29) is 42.8 Å². The number of piperidine rings is 1. The number of Topliss-reactive ketones (excluding diaryl/α,β-unsaturated/α-hetero) is 3. The molecule has 3 fully saturated rings. The van der Waals surface area contributed by atoms with Crippen LogP contribution in [0.3, 0.4) is 0 Å². The summed E-state index contributed by atoms with van der Waals surface area (Å²) in [6, 6.07) is -1.17. The molecular weight excluding hydrogens is 946 g/mol. The van der Waals surface area contributed by atoms with Gasteiger partial charge in [0.05, 0.1) is 37.1 Å². The number of amides is 1. The number of hydrogen-bond donors (Lipinski definition) is 2. The number of cyclic esters (lactones) is 1. The third-order valence-corrected chi connectivity index (χ3v) is 16.6. The molecule has 2 N–H and O–H groups in total. The number of ketones is 3. The van der Waals surface area contributed by atoms with Gasteiger partial charge in [-0.1, -0.05) is 78.0 Å². The van der Waals surface area contributed by atoms with Crippen LogP contribution in [0.25, 0.3) is 0 Å². The molecule has 0 spiro atoms. The quantitative estimate of drug-likeness (QED) is 0.113. The molecule has 1 amide bonds. The number of carbonyl (C=O) groups is 5. The van der Waals surface area contributed by atoms with Gasteiger partial charge in [-0.25, -0.2) is 4.79 Å². The lowest BCUT2D eigenvalue weighted by molar-refractivity contribution is -0.265. The van der Waals surface area contributed by atoms with Gasteiger partial charge in [0.15, 0.2) is 11.6 Å². The van der Waals surface area contributed by atoms with Gasteiger partial charge in [-0.15, -0.1) is 0 Å². The standard InChI is InChI=1S/C55H88NO15P/c1-13-27-68-72(12,64)71-45-25-23-41(31-48(45)66-10)30-37(5)47-33-44(57)36(4)29-39(7)50(59)51(67-11)49(58)38(6)28-34(2)19-15-14-16-20-35(3)46(65-9)32-42-24-22-40(8)55(63,70-42)52(60)53(61)56-26-18-17-21-43(56)54(62)69-47/h14-16,19-20,29,34,37-43,45-48,50-51,59,63H,13,17-18,21-28,30-33H2,1-12H3/b16-14?,19-15?,35-20?,36-29+/t34-,37-,38-,39?,40?,41+,42+,43?,45-,46+,47+,48-,50-,51+,55?,72?/m1/s1. The van der Waals surface area contributed by atoms with Crippen LogP contribution in [0.5, 0.6) is 0 Å². The lowest BCUT2D eigenvalue weighted by Gasteiger charge is -2.42. The van der Waals surface area contributed by atoms with Crippen LogP contribution in [0, 0.1) is 35.5 Å². The Kier molecular flexibility index (Phi) is 24.4. The van der Waals surface area contributed by atoms with Crippen LogP contribution < -0.4 is 0 Å². The second kappa shape index (κ2) is 28.6. The highest BCUT2D eigenvalue weighted by Gasteiger charge is 2.53. The average molecular weight is 1030 g/mol. The van der Waals surface area contributed by atoms with Crippen LogP contribution in [0.1, 0.15) is 139 Å². The summed E-state index contributed by atoms with van der Waals surface area (Å²) in [5.74, 6) is -8.22. The van der Waals surface area contributed by atoms with E-state index in [2.05, 4.69) is 0 Å². The highest BCUT2D eigenvalue weighted by Crippen LogP contribution is 2.49. The predicted octanol–water partition coefficient (Wildman–Crippen LogP) is 8.45. The number of methoxy groups -OCH3 is 3. The fourth-order valence-electron chi connectivity index (χ4n) is 10.8. The molecule has 1 saturated carbocycles. The van der Waals surface area contributed by atoms with Crippen molar-refractivity contribution in [1.82, 2.24) is 4.90 Å². The molecule has 4 rings (SSSR count). The van der Waals surface area contributed by atoms with Crippen molar-refractivity contribution in [3.05, 3.63) is 47.6 Å². The van der Waals surface area contributed by atoms with Gasteiger partial charge in [0.25, 0.3) is 11.7 Å². The molecule has 1 aliphatic carbocycles. The summed E-state index contributed by atoms with van der Waals surface area (Å²) in [5.41, 5.74) is 1.17. The molecule has 3 aliphatic heterocycles. The molecule has 408 valence electrons. The van der Waals surface area contributed by atoms with Gasteiger partial charge in [0.2, 0.25) is 5.79 Å². The normalized spacial score (nSPS) is 36.9. The molecule has 2 bridgehead atoms. The summed E-state index contributed by atoms with van der Waals surface area (Å²) in [7, 11) is 1.20. The Morgan fingerprint density at radius 3 is 2.28 bits per heavy atom. The van der Waals surface area contributed by atoms with Crippen molar-refractivity contribution < 1.29 is 71.5 Å². The third-order valence-electron chi connectivity index (χ3n) is 15.3. The number of aliphatic hydroxyl groups is 2. The van der Waals surface area contributed by atoms with Gasteiger partial charge in [0, 0.05) is 65.1 Å². The summed E-state index contributed by atoms with van der Waals surface area (Å²) >= 11 is 0. The Balaban J connectivity index is 1.69. The zero-order chi connectivity index (χ0) is 53.5. The maximum Gasteiger partial charge on any atom is 0.329 e. The molecule has 72 heavy (non-hydrogen) atoms.